The normalized spacial score (nSPS) is 18.8. The highest BCUT2D eigenvalue weighted by Gasteiger charge is 2.33. The van der Waals surface area contributed by atoms with Crippen LogP contribution in [-0.4, -0.2) is 52.5 Å². The number of aromatic nitrogens is 1. The van der Waals surface area contributed by atoms with Crippen molar-refractivity contribution in [2.75, 3.05) is 29.9 Å². The van der Waals surface area contributed by atoms with Crippen molar-refractivity contribution < 1.29 is 14.1 Å². The molecule has 1 saturated heterocycles. The minimum Gasteiger partial charge on any atom is -0.360 e. The molecule has 0 radical (unpaired) electrons. The highest BCUT2D eigenvalue weighted by Crippen LogP contribution is 2.26. The number of carbonyl (C=O) groups is 2. The van der Waals surface area contributed by atoms with Crippen LogP contribution < -0.4 is 11.1 Å². The van der Waals surface area contributed by atoms with Crippen LogP contribution in [-0.2, 0) is 9.59 Å². The number of anilines is 1. The van der Waals surface area contributed by atoms with Crippen LogP contribution in [0.4, 0.5) is 5.82 Å². The molecule has 2 heterocycles. The number of rotatable bonds is 6. The van der Waals surface area contributed by atoms with E-state index in [9.17, 15) is 9.59 Å². The van der Waals surface area contributed by atoms with Gasteiger partial charge in [-0.2, -0.15) is 0 Å². The van der Waals surface area contributed by atoms with Gasteiger partial charge in [0.2, 0.25) is 11.8 Å². The van der Waals surface area contributed by atoms with Crippen molar-refractivity contribution in [3.8, 4) is 0 Å². The van der Waals surface area contributed by atoms with Crippen LogP contribution in [0.25, 0.3) is 0 Å². The first-order valence-electron chi connectivity index (χ1n) is 8.42. The lowest BCUT2D eigenvalue weighted by Crippen LogP contribution is -2.33. The summed E-state index contributed by atoms with van der Waals surface area (Å²) >= 11 is 1.28. The summed E-state index contributed by atoms with van der Waals surface area (Å²) in [5.74, 6) is 1.39. The summed E-state index contributed by atoms with van der Waals surface area (Å²) in [6.07, 6.45) is 0. The molecule has 3 N–H and O–H groups in total. The van der Waals surface area contributed by atoms with Gasteiger partial charge >= 0.3 is 0 Å². The topological polar surface area (TPSA) is 101 Å². The molecule has 1 fully saturated rings. The minimum absolute atomic E-state index is 0. The zero-order valence-corrected chi connectivity index (χ0v) is 16.6. The molecule has 27 heavy (non-hydrogen) atoms. The van der Waals surface area contributed by atoms with E-state index in [0.717, 1.165) is 5.56 Å². The van der Waals surface area contributed by atoms with Crippen molar-refractivity contribution in [2.24, 2.45) is 5.73 Å². The number of nitrogens with zero attached hydrogens (tertiary/aromatic N) is 2. The van der Waals surface area contributed by atoms with E-state index in [1.54, 1.807) is 17.9 Å². The Bertz CT molecular complexity index is 771. The van der Waals surface area contributed by atoms with E-state index in [0.29, 0.717) is 24.7 Å². The molecule has 0 bridgehead atoms. The van der Waals surface area contributed by atoms with E-state index in [4.69, 9.17) is 10.3 Å². The van der Waals surface area contributed by atoms with Gasteiger partial charge in [-0.1, -0.05) is 35.5 Å². The molecule has 2 aromatic rings. The molecule has 2 amide bonds. The molecular weight excluding hydrogens is 388 g/mol. The Hall–Kier alpha value is -2.03. The number of halogens is 1. The molecule has 1 aliphatic heterocycles. The summed E-state index contributed by atoms with van der Waals surface area (Å²) in [7, 11) is 0. The van der Waals surface area contributed by atoms with Gasteiger partial charge in [0.05, 0.1) is 11.5 Å². The second kappa shape index (κ2) is 9.77. The van der Waals surface area contributed by atoms with Gasteiger partial charge in [0.25, 0.3) is 0 Å². The number of likely N-dealkylation sites (tertiary alicyclic amines) is 1. The van der Waals surface area contributed by atoms with E-state index in [1.165, 1.54) is 11.8 Å². The van der Waals surface area contributed by atoms with Gasteiger partial charge < -0.3 is 20.5 Å². The van der Waals surface area contributed by atoms with Gasteiger partial charge in [-0.3, -0.25) is 9.59 Å². The summed E-state index contributed by atoms with van der Waals surface area (Å²) in [5.41, 5.74) is 7.38. The lowest BCUT2D eigenvalue weighted by molar-refractivity contribution is -0.127. The van der Waals surface area contributed by atoms with Crippen LogP contribution in [0.2, 0.25) is 0 Å². The molecule has 0 unspecified atom stereocenters. The van der Waals surface area contributed by atoms with Gasteiger partial charge in [-0.25, -0.2) is 0 Å². The maximum absolute atomic E-state index is 12.4. The lowest BCUT2D eigenvalue weighted by atomic mass is 9.95. The maximum Gasteiger partial charge on any atom is 0.235 e. The summed E-state index contributed by atoms with van der Waals surface area (Å²) in [4.78, 5) is 26.0. The number of hydrogen-bond acceptors (Lipinski definition) is 6. The van der Waals surface area contributed by atoms with Gasteiger partial charge in [-0.15, -0.1) is 24.2 Å². The first kappa shape index (κ1) is 21.3. The predicted octanol–water partition coefficient (Wildman–Crippen LogP) is 2.03. The zero-order valence-electron chi connectivity index (χ0n) is 15.0. The fraction of sp³-hybridized carbons (Fsp3) is 0.389. The molecule has 7 nitrogen and oxygen atoms in total. The quantitative estimate of drug-likeness (QED) is 0.755. The highest BCUT2D eigenvalue weighted by molar-refractivity contribution is 8.00. The average Bonchev–Trinajstić information content (AvgIpc) is 3.21. The number of aryl methyl sites for hydroxylation is 1. The molecule has 1 aromatic carbocycles. The molecule has 0 saturated carbocycles. The number of hydrogen-bond donors (Lipinski definition) is 2. The van der Waals surface area contributed by atoms with Crippen molar-refractivity contribution in [1.29, 1.82) is 0 Å². The Morgan fingerprint density at radius 1 is 1.30 bits per heavy atom. The van der Waals surface area contributed by atoms with E-state index in [1.807, 2.05) is 30.3 Å². The van der Waals surface area contributed by atoms with Crippen molar-refractivity contribution in [3.63, 3.8) is 0 Å². The monoisotopic (exact) mass is 410 g/mol. The minimum atomic E-state index is -0.212. The third-order valence-electron chi connectivity index (χ3n) is 4.30. The Labute approximate surface area is 168 Å². The maximum atomic E-state index is 12.4. The first-order chi connectivity index (χ1) is 12.5. The van der Waals surface area contributed by atoms with E-state index in [2.05, 4.69) is 10.5 Å². The van der Waals surface area contributed by atoms with Gasteiger partial charge in [0.1, 0.15) is 5.76 Å². The number of nitrogens with one attached hydrogen (secondary N) is 1. The van der Waals surface area contributed by atoms with Gasteiger partial charge in [0.15, 0.2) is 5.82 Å². The molecule has 0 aliphatic carbocycles. The van der Waals surface area contributed by atoms with Crippen molar-refractivity contribution >= 4 is 41.8 Å². The highest BCUT2D eigenvalue weighted by atomic mass is 35.5. The first-order valence-corrected chi connectivity index (χ1v) is 9.57. The largest absolute Gasteiger partial charge is 0.360 e. The fourth-order valence-electron chi connectivity index (χ4n) is 3.01. The predicted molar refractivity (Wildman–Crippen MR) is 108 cm³/mol. The van der Waals surface area contributed by atoms with Gasteiger partial charge in [-0.05, 0) is 12.5 Å². The van der Waals surface area contributed by atoms with Crippen LogP contribution >= 0.6 is 24.2 Å². The smallest absolute Gasteiger partial charge is 0.235 e. The fourth-order valence-corrected chi connectivity index (χ4v) is 3.73. The standard InChI is InChI=1S/C18H22N4O3S.ClH/c1-12-7-16(21-25-12)20-17(23)10-26-11-18(24)22-8-14(15(19)9-22)13-5-3-2-4-6-13;/h2-7,14-15H,8-11,19H2,1H3,(H,20,21,23);1H/t14-,15+;/m0./s1. The van der Waals surface area contributed by atoms with Crippen LogP contribution in [0.3, 0.4) is 0 Å². The lowest BCUT2D eigenvalue weighted by Gasteiger charge is -2.16. The van der Waals surface area contributed by atoms with Crippen LogP contribution in [0.15, 0.2) is 40.9 Å². The number of nitrogens with two attached hydrogens (primary N) is 1. The SMILES string of the molecule is Cc1cc(NC(=O)CSCC(=O)N2C[C@@H](N)[C@H](c3ccccc3)C2)no1.Cl. The summed E-state index contributed by atoms with van der Waals surface area (Å²) in [6.45, 7) is 2.91. The number of carbonyl (C=O) groups excluding carboxylic acids is 2. The van der Waals surface area contributed by atoms with E-state index >= 15 is 0 Å². The number of benzene rings is 1. The summed E-state index contributed by atoms with van der Waals surface area (Å²) in [5, 5.41) is 6.33. The summed E-state index contributed by atoms with van der Waals surface area (Å²) in [6, 6.07) is 11.6. The summed E-state index contributed by atoms with van der Waals surface area (Å²) < 4.78 is 4.89. The molecule has 9 heteroatoms. The van der Waals surface area contributed by atoms with E-state index < -0.39 is 0 Å². The second-order valence-electron chi connectivity index (χ2n) is 6.34. The number of amides is 2. The average molecular weight is 411 g/mol. The Morgan fingerprint density at radius 2 is 2.04 bits per heavy atom. The third-order valence-corrected chi connectivity index (χ3v) is 5.22. The van der Waals surface area contributed by atoms with Crippen molar-refractivity contribution in [1.82, 2.24) is 10.1 Å². The van der Waals surface area contributed by atoms with Gasteiger partial charge in [0, 0.05) is 31.1 Å². The Kier molecular flexibility index (Phi) is 7.70. The Balaban J connectivity index is 0.00000261. The number of thioether (sulfide) groups is 1. The Morgan fingerprint density at radius 3 is 2.70 bits per heavy atom. The van der Waals surface area contributed by atoms with Crippen LogP contribution in [0.5, 0.6) is 0 Å². The second-order valence-corrected chi connectivity index (χ2v) is 7.33. The molecule has 1 aromatic heterocycles. The van der Waals surface area contributed by atoms with Crippen LogP contribution in [0, 0.1) is 6.92 Å². The third kappa shape index (κ3) is 5.72. The zero-order chi connectivity index (χ0) is 18.5. The molecule has 146 valence electrons. The molecule has 0 spiro atoms. The molecule has 2 atom stereocenters. The molecular formula is C18H23ClN4O3S. The van der Waals surface area contributed by atoms with Crippen LogP contribution in [0.1, 0.15) is 17.2 Å². The van der Waals surface area contributed by atoms with Crippen molar-refractivity contribution in [2.45, 2.75) is 18.9 Å². The van der Waals surface area contributed by atoms with Crippen molar-refractivity contribution in [3.05, 3.63) is 47.7 Å². The molecule has 1 aliphatic rings. The molecule has 3 rings (SSSR count). The van der Waals surface area contributed by atoms with E-state index in [-0.39, 0.29) is 47.7 Å².